The van der Waals surface area contributed by atoms with Gasteiger partial charge in [-0.3, -0.25) is 0 Å². The summed E-state index contributed by atoms with van der Waals surface area (Å²) in [6.45, 7) is 8.24. The monoisotopic (exact) mass is 253 g/mol. The first-order valence-corrected chi connectivity index (χ1v) is 5.31. The van der Waals surface area contributed by atoms with Crippen LogP contribution in [-0.4, -0.2) is 0 Å². The minimum Gasteiger partial charge on any atom is -0.0558 e. The lowest BCUT2D eigenvalue weighted by molar-refractivity contribution is 0.592. The number of hydrogen-bond donors (Lipinski definition) is 0. The molecule has 0 aliphatic heterocycles. The molecule has 74 valence electrons. The highest BCUT2D eigenvalue weighted by atomic mass is 79.9. The molecule has 1 rings (SSSR count). The number of aryl methyl sites for hydroxylation is 1. The van der Waals surface area contributed by atoms with E-state index in [4.69, 9.17) is 5.39 Å². The summed E-state index contributed by atoms with van der Waals surface area (Å²) < 4.78 is 1.02. The normalized spacial score (nSPS) is 11.1. The Bertz CT molecular complexity index is 397. The van der Waals surface area contributed by atoms with Gasteiger partial charge in [0.05, 0.1) is 5.56 Å². The van der Waals surface area contributed by atoms with Gasteiger partial charge in [0, 0.05) is 10.0 Å². The molecule has 0 heterocycles. The maximum Gasteiger partial charge on any atom is 0.391 e. The van der Waals surface area contributed by atoms with E-state index < -0.39 is 0 Å². The Balaban J connectivity index is 3.50. The van der Waals surface area contributed by atoms with E-state index in [0.29, 0.717) is 5.69 Å². The first kappa shape index (κ1) is 11.2. The van der Waals surface area contributed by atoms with Crippen LogP contribution < -0.4 is 0 Å². The SMILES string of the molecule is Cc1cc(Br)cc(C(C)(C)C)c1[N+]#N. The van der Waals surface area contributed by atoms with Crippen molar-refractivity contribution < 1.29 is 0 Å². The number of diazo groups is 1. The van der Waals surface area contributed by atoms with Gasteiger partial charge in [-0.1, -0.05) is 36.7 Å². The fourth-order valence-corrected chi connectivity index (χ4v) is 2.01. The van der Waals surface area contributed by atoms with Gasteiger partial charge in [0.2, 0.25) is 5.39 Å². The smallest absolute Gasteiger partial charge is 0.0558 e. The fraction of sp³-hybridized carbons (Fsp3) is 0.455. The fourth-order valence-electron chi connectivity index (χ4n) is 1.44. The van der Waals surface area contributed by atoms with Crippen molar-refractivity contribution >= 4 is 21.6 Å². The lowest BCUT2D eigenvalue weighted by Gasteiger charge is -2.17. The van der Waals surface area contributed by atoms with Crippen molar-refractivity contribution in [1.29, 1.82) is 5.39 Å². The van der Waals surface area contributed by atoms with Crippen molar-refractivity contribution in [2.45, 2.75) is 33.1 Å². The average Bonchev–Trinajstić information content (AvgIpc) is 2.01. The molecule has 0 unspecified atom stereocenters. The lowest BCUT2D eigenvalue weighted by atomic mass is 9.85. The van der Waals surface area contributed by atoms with E-state index in [1.807, 2.05) is 19.1 Å². The Morgan fingerprint density at radius 2 is 1.86 bits per heavy atom. The molecule has 0 saturated carbocycles. The van der Waals surface area contributed by atoms with Gasteiger partial charge in [-0.15, -0.1) is 0 Å². The largest absolute Gasteiger partial charge is 0.391 e. The van der Waals surface area contributed by atoms with E-state index in [9.17, 15) is 0 Å². The van der Waals surface area contributed by atoms with Crippen LogP contribution in [0.1, 0.15) is 31.9 Å². The Hall–Kier alpha value is -0.880. The van der Waals surface area contributed by atoms with E-state index in [2.05, 4.69) is 41.7 Å². The summed E-state index contributed by atoms with van der Waals surface area (Å²) in [4.78, 5) is 3.36. The summed E-state index contributed by atoms with van der Waals surface area (Å²) in [6.07, 6.45) is 0. The van der Waals surface area contributed by atoms with Gasteiger partial charge in [0.15, 0.2) is 4.98 Å². The van der Waals surface area contributed by atoms with Gasteiger partial charge in [0.25, 0.3) is 0 Å². The molecular weight excluding hydrogens is 240 g/mol. The topological polar surface area (TPSA) is 28.1 Å². The van der Waals surface area contributed by atoms with Gasteiger partial charge in [-0.05, 0) is 24.5 Å². The second-order valence-electron chi connectivity index (χ2n) is 4.47. The highest BCUT2D eigenvalue weighted by Gasteiger charge is 2.27. The average molecular weight is 254 g/mol. The van der Waals surface area contributed by atoms with Crippen LogP contribution >= 0.6 is 15.9 Å². The predicted molar refractivity (Wildman–Crippen MR) is 62.3 cm³/mol. The summed E-state index contributed by atoms with van der Waals surface area (Å²) in [6, 6.07) is 3.95. The molecule has 0 atom stereocenters. The summed E-state index contributed by atoms with van der Waals surface area (Å²) in [5, 5.41) is 8.96. The molecule has 0 amide bonds. The molecule has 0 aromatic heterocycles. The van der Waals surface area contributed by atoms with Crippen LogP contribution in [0.15, 0.2) is 16.6 Å². The summed E-state index contributed by atoms with van der Waals surface area (Å²) in [5.74, 6) is 0. The Morgan fingerprint density at radius 3 is 2.29 bits per heavy atom. The van der Waals surface area contributed by atoms with Crippen LogP contribution in [0.4, 0.5) is 5.69 Å². The van der Waals surface area contributed by atoms with Crippen LogP contribution in [-0.2, 0) is 5.41 Å². The molecule has 0 aliphatic rings. The maximum absolute atomic E-state index is 8.96. The van der Waals surface area contributed by atoms with E-state index >= 15 is 0 Å². The molecule has 0 spiro atoms. The standard InChI is InChI=1S/C11H14BrN2/c1-7-5-8(12)6-9(10(7)14-13)11(2,3)4/h5-6H,1-4H3/q+1. The summed E-state index contributed by atoms with van der Waals surface area (Å²) in [7, 11) is 0. The third-order valence-electron chi connectivity index (χ3n) is 2.17. The van der Waals surface area contributed by atoms with Gasteiger partial charge in [0.1, 0.15) is 0 Å². The van der Waals surface area contributed by atoms with E-state index in [1.165, 1.54) is 0 Å². The second-order valence-corrected chi connectivity index (χ2v) is 5.38. The van der Waals surface area contributed by atoms with Crippen molar-refractivity contribution in [3.05, 3.63) is 32.7 Å². The summed E-state index contributed by atoms with van der Waals surface area (Å²) in [5.41, 5.74) is 2.69. The van der Waals surface area contributed by atoms with Gasteiger partial charge < -0.3 is 0 Å². The van der Waals surface area contributed by atoms with Gasteiger partial charge in [-0.25, -0.2) is 0 Å². The van der Waals surface area contributed by atoms with Crippen LogP contribution in [0.3, 0.4) is 0 Å². The van der Waals surface area contributed by atoms with Crippen LogP contribution in [0, 0.1) is 12.3 Å². The van der Waals surface area contributed by atoms with Crippen LogP contribution in [0.5, 0.6) is 0 Å². The molecule has 1 aromatic carbocycles. The molecule has 3 heteroatoms. The van der Waals surface area contributed by atoms with Crippen molar-refractivity contribution in [3.63, 3.8) is 0 Å². The molecule has 1 aromatic rings. The minimum atomic E-state index is -0.0178. The zero-order chi connectivity index (χ0) is 10.9. The van der Waals surface area contributed by atoms with Crippen molar-refractivity contribution in [2.24, 2.45) is 0 Å². The molecule has 0 fully saturated rings. The Labute approximate surface area is 93.1 Å². The van der Waals surface area contributed by atoms with Gasteiger partial charge >= 0.3 is 5.69 Å². The van der Waals surface area contributed by atoms with E-state index in [1.54, 1.807) is 0 Å². The Morgan fingerprint density at radius 1 is 1.29 bits per heavy atom. The highest BCUT2D eigenvalue weighted by molar-refractivity contribution is 9.10. The lowest BCUT2D eigenvalue weighted by Crippen LogP contribution is -2.11. The molecule has 2 nitrogen and oxygen atoms in total. The zero-order valence-electron chi connectivity index (χ0n) is 8.93. The first-order chi connectivity index (χ1) is 6.36. The Kier molecular flexibility index (Phi) is 2.96. The van der Waals surface area contributed by atoms with E-state index in [0.717, 1.165) is 15.6 Å². The minimum absolute atomic E-state index is 0.0178. The molecule has 0 aliphatic carbocycles. The molecule has 0 radical (unpaired) electrons. The van der Waals surface area contributed by atoms with Crippen molar-refractivity contribution in [2.75, 3.05) is 0 Å². The second kappa shape index (κ2) is 3.70. The van der Waals surface area contributed by atoms with Crippen molar-refractivity contribution in [1.82, 2.24) is 0 Å². The first-order valence-electron chi connectivity index (χ1n) is 4.52. The quantitative estimate of drug-likeness (QED) is 0.624. The molecule has 0 saturated heterocycles. The highest BCUT2D eigenvalue weighted by Crippen LogP contribution is 2.36. The number of nitrogens with zero attached hydrogens (tertiary/aromatic N) is 2. The summed E-state index contributed by atoms with van der Waals surface area (Å²) >= 11 is 3.45. The molecule has 0 N–H and O–H groups in total. The molecule has 14 heavy (non-hydrogen) atoms. The van der Waals surface area contributed by atoms with Crippen LogP contribution in [0.25, 0.3) is 4.98 Å². The number of rotatable bonds is 0. The number of halogens is 1. The zero-order valence-corrected chi connectivity index (χ0v) is 10.5. The maximum atomic E-state index is 8.96. The molecule has 0 bridgehead atoms. The predicted octanol–water partition coefficient (Wildman–Crippen LogP) is 4.54. The third kappa shape index (κ3) is 2.13. The number of benzene rings is 1. The third-order valence-corrected chi connectivity index (χ3v) is 2.63. The van der Waals surface area contributed by atoms with Crippen molar-refractivity contribution in [3.8, 4) is 0 Å². The number of hydrogen-bond acceptors (Lipinski definition) is 1. The molecular formula is C11H14BrN2+. The van der Waals surface area contributed by atoms with Gasteiger partial charge in [-0.2, -0.15) is 0 Å². The van der Waals surface area contributed by atoms with Crippen LogP contribution in [0.2, 0.25) is 0 Å². The van der Waals surface area contributed by atoms with E-state index in [-0.39, 0.29) is 5.41 Å².